The zero-order chi connectivity index (χ0) is 13.1. The van der Waals surface area contributed by atoms with Gasteiger partial charge in [-0.2, -0.15) is 0 Å². The molecule has 1 N–H and O–H groups in total. The minimum atomic E-state index is -0.360. The molecule has 0 aliphatic heterocycles. The number of carbonyl (C=O) groups excluding carboxylic acids is 1. The van der Waals surface area contributed by atoms with Crippen molar-refractivity contribution in [3.8, 4) is 0 Å². The maximum Gasteiger partial charge on any atom is 0.419 e. The monoisotopic (exact) mass is 248 g/mol. The van der Waals surface area contributed by atoms with Crippen LogP contribution in [0.5, 0.6) is 0 Å². The first-order valence-electron chi connectivity index (χ1n) is 5.97. The lowest BCUT2D eigenvalue weighted by Crippen LogP contribution is -2.24. The van der Waals surface area contributed by atoms with E-state index in [0.29, 0.717) is 18.5 Å². The fourth-order valence-corrected chi connectivity index (χ4v) is 1.80. The zero-order valence-corrected chi connectivity index (χ0v) is 10.5. The molecular weight excluding hydrogens is 232 g/mol. The molecule has 0 fully saturated rings. The van der Waals surface area contributed by atoms with Crippen LogP contribution in [0.25, 0.3) is 11.1 Å². The number of nitrogens with zero attached hydrogens (tertiary/aromatic N) is 1. The van der Waals surface area contributed by atoms with Crippen molar-refractivity contribution in [1.29, 1.82) is 0 Å². The molecule has 1 aromatic carbocycles. The lowest BCUT2D eigenvalue weighted by atomic mass is 10.1. The van der Waals surface area contributed by atoms with Crippen molar-refractivity contribution in [3.05, 3.63) is 34.3 Å². The van der Waals surface area contributed by atoms with Crippen LogP contribution < -0.4 is 11.1 Å². The van der Waals surface area contributed by atoms with Crippen LogP contribution in [0, 0.1) is 0 Å². The predicted molar refractivity (Wildman–Crippen MR) is 68.5 cm³/mol. The zero-order valence-electron chi connectivity index (χ0n) is 10.5. The average Bonchev–Trinajstić information content (AvgIpc) is 2.65. The Labute approximate surface area is 104 Å². The molecule has 0 aliphatic carbocycles. The highest BCUT2D eigenvalue weighted by atomic mass is 16.4. The third-order valence-electron chi connectivity index (χ3n) is 2.91. The minimum Gasteiger partial charge on any atom is -0.408 e. The van der Waals surface area contributed by atoms with Gasteiger partial charge in [-0.3, -0.25) is 9.36 Å². The molecule has 18 heavy (non-hydrogen) atoms. The van der Waals surface area contributed by atoms with E-state index in [-0.39, 0.29) is 11.7 Å². The number of hydrogen-bond donors (Lipinski definition) is 1. The molecule has 96 valence electrons. The fraction of sp³-hybridized carbons (Fsp3) is 0.385. The summed E-state index contributed by atoms with van der Waals surface area (Å²) in [5.74, 6) is -0.312. The van der Waals surface area contributed by atoms with Gasteiger partial charge in [-0.05, 0) is 24.1 Å². The summed E-state index contributed by atoms with van der Waals surface area (Å²) in [6.45, 7) is 2.42. The Kier molecular flexibility index (Phi) is 3.50. The highest BCUT2D eigenvalue weighted by molar-refractivity contribution is 5.75. The second kappa shape index (κ2) is 5.08. The van der Waals surface area contributed by atoms with Crippen LogP contribution in [0.4, 0.5) is 0 Å². The molecule has 1 heterocycles. The molecule has 0 spiro atoms. The number of hydrogen-bond acceptors (Lipinski definition) is 3. The molecule has 0 bridgehead atoms. The number of nitrogens with one attached hydrogen (secondary N) is 1. The number of aryl methyl sites for hydroxylation is 1. The van der Waals surface area contributed by atoms with Gasteiger partial charge in [0.15, 0.2) is 5.58 Å². The van der Waals surface area contributed by atoms with Crippen LogP contribution in [0.3, 0.4) is 0 Å². The van der Waals surface area contributed by atoms with Crippen LogP contribution in [0.2, 0.25) is 0 Å². The second-order valence-corrected chi connectivity index (χ2v) is 4.18. The molecule has 5 heteroatoms. The number of aromatic nitrogens is 1. The van der Waals surface area contributed by atoms with E-state index in [1.165, 1.54) is 4.57 Å². The SMILES string of the molecule is CCC(=O)NCCc1ccc2oc(=O)n(C)c2c1. The third-order valence-corrected chi connectivity index (χ3v) is 2.91. The summed E-state index contributed by atoms with van der Waals surface area (Å²) in [6, 6.07) is 5.61. The molecule has 1 amide bonds. The van der Waals surface area contributed by atoms with Gasteiger partial charge in [0.2, 0.25) is 5.91 Å². The average molecular weight is 248 g/mol. The molecule has 0 saturated heterocycles. The molecule has 1 aromatic heterocycles. The van der Waals surface area contributed by atoms with E-state index in [9.17, 15) is 9.59 Å². The molecule has 2 aromatic rings. The Bertz CT molecular complexity index is 625. The van der Waals surface area contributed by atoms with Gasteiger partial charge < -0.3 is 9.73 Å². The van der Waals surface area contributed by atoms with Gasteiger partial charge in [0, 0.05) is 20.0 Å². The Morgan fingerprint density at radius 1 is 1.44 bits per heavy atom. The van der Waals surface area contributed by atoms with Gasteiger partial charge in [0.25, 0.3) is 0 Å². The Balaban J connectivity index is 2.12. The number of amides is 1. The highest BCUT2D eigenvalue weighted by Gasteiger charge is 2.06. The van der Waals surface area contributed by atoms with Crippen LogP contribution in [0.15, 0.2) is 27.4 Å². The summed E-state index contributed by atoms with van der Waals surface area (Å²) in [5.41, 5.74) is 2.43. The van der Waals surface area contributed by atoms with E-state index in [0.717, 1.165) is 17.5 Å². The van der Waals surface area contributed by atoms with Crippen LogP contribution in [0.1, 0.15) is 18.9 Å². The van der Waals surface area contributed by atoms with Crippen LogP contribution in [-0.4, -0.2) is 17.0 Å². The minimum absolute atomic E-state index is 0.0480. The van der Waals surface area contributed by atoms with Gasteiger partial charge in [0.1, 0.15) is 0 Å². The standard InChI is InChI=1S/C13H16N2O3/c1-3-12(16)14-7-6-9-4-5-11-10(8-9)15(2)13(17)18-11/h4-5,8H,3,6-7H2,1-2H3,(H,14,16). The molecular formula is C13H16N2O3. The summed E-state index contributed by atoms with van der Waals surface area (Å²) < 4.78 is 6.53. The summed E-state index contributed by atoms with van der Waals surface area (Å²) in [5, 5.41) is 2.82. The van der Waals surface area contributed by atoms with Crippen LogP contribution in [-0.2, 0) is 18.3 Å². The largest absolute Gasteiger partial charge is 0.419 e. The summed E-state index contributed by atoms with van der Waals surface area (Å²) in [6.07, 6.45) is 1.23. The van der Waals surface area contributed by atoms with E-state index >= 15 is 0 Å². The summed E-state index contributed by atoms with van der Waals surface area (Å²) >= 11 is 0. The van der Waals surface area contributed by atoms with Crippen molar-refractivity contribution < 1.29 is 9.21 Å². The maximum atomic E-state index is 11.3. The number of benzene rings is 1. The lowest BCUT2D eigenvalue weighted by Gasteiger charge is -2.04. The van der Waals surface area contributed by atoms with Crippen molar-refractivity contribution in [2.75, 3.05) is 6.54 Å². The van der Waals surface area contributed by atoms with Crippen molar-refractivity contribution >= 4 is 17.0 Å². The molecule has 0 saturated carbocycles. The van der Waals surface area contributed by atoms with E-state index in [4.69, 9.17) is 4.42 Å². The topological polar surface area (TPSA) is 64.2 Å². The molecule has 2 rings (SSSR count). The number of carbonyl (C=O) groups is 1. The molecule has 0 unspecified atom stereocenters. The van der Waals surface area contributed by atoms with E-state index in [2.05, 4.69) is 5.32 Å². The van der Waals surface area contributed by atoms with Gasteiger partial charge in [0.05, 0.1) is 5.52 Å². The third kappa shape index (κ3) is 2.45. The Morgan fingerprint density at radius 2 is 2.22 bits per heavy atom. The van der Waals surface area contributed by atoms with E-state index in [1.807, 2.05) is 19.1 Å². The molecule has 0 radical (unpaired) electrons. The van der Waals surface area contributed by atoms with Gasteiger partial charge in [-0.15, -0.1) is 0 Å². The Morgan fingerprint density at radius 3 is 2.94 bits per heavy atom. The lowest BCUT2D eigenvalue weighted by molar-refractivity contribution is -0.120. The first-order valence-corrected chi connectivity index (χ1v) is 5.97. The number of rotatable bonds is 4. The van der Waals surface area contributed by atoms with Crippen molar-refractivity contribution in [3.63, 3.8) is 0 Å². The molecule has 0 aliphatic rings. The predicted octanol–water partition coefficient (Wildman–Crippen LogP) is 1.20. The fourth-order valence-electron chi connectivity index (χ4n) is 1.80. The quantitative estimate of drug-likeness (QED) is 0.884. The van der Waals surface area contributed by atoms with Crippen molar-refractivity contribution in [1.82, 2.24) is 9.88 Å². The molecule has 0 atom stereocenters. The Hall–Kier alpha value is -2.04. The van der Waals surface area contributed by atoms with Gasteiger partial charge in [-0.1, -0.05) is 13.0 Å². The summed E-state index contributed by atoms with van der Waals surface area (Å²) in [4.78, 5) is 22.4. The first kappa shape index (κ1) is 12.4. The van der Waals surface area contributed by atoms with Crippen LogP contribution >= 0.6 is 0 Å². The number of fused-ring (bicyclic) bond motifs is 1. The van der Waals surface area contributed by atoms with E-state index < -0.39 is 0 Å². The molecule has 5 nitrogen and oxygen atoms in total. The first-order chi connectivity index (χ1) is 8.61. The number of oxazole rings is 1. The normalized spacial score (nSPS) is 10.8. The highest BCUT2D eigenvalue weighted by Crippen LogP contribution is 2.14. The second-order valence-electron chi connectivity index (χ2n) is 4.18. The maximum absolute atomic E-state index is 11.3. The van der Waals surface area contributed by atoms with Gasteiger partial charge >= 0.3 is 5.76 Å². The van der Waals surface area contributed by atoms with Gasteiger partial charge in [-0.25, -0.2) is 4.79 Å². The van der Waals surface area contributed by atoms with Crippen molar-refractivity contribution in [2.24, 2.45) is 7.05 Å². The van der Waals surface area contributed by atoms with E-state index in [1.54, 1.807) is 13.1 Å². The smallest absolute Gasteiger partial charge is 0.408 e. The van der Waals surface area contributed by atoms with Crippen molar-refractivity contribution in [2.45, 2.75) is 19.8 Å². The summed E-state index contributed by atoms with van der Waals surface area (Å²) in [7, 11) is 1.68.